The monoisotopic (exact) mass is 347 g/mol. The minimum Gasteiger partial charge on any atom is -0.494 e. The highest BCUT2D eigenvalue weighted by molar-refractivity contribution is 5.63. The summed E-state index contributed by atoms with van der Waals surface area (Å²) in [6.45, 7) is 1.57. The van der Waals surface area contributed by atoms with Crippen molar-refractivity contribution in [1.82, 2.24) is 10.2 Å². The molecule has 2 aromatic rings. The van der Waals surface area contributed by atoms with Gasteiger partial charge in [-0.15, -0.1) is 0 Å². The Morgan fingerprint density at radius 3 is 2.58 bits per heavy atom. The third-order valence-electron chi connectivity index (χ3n) is 4.18. The van der Waals surface area contributed by atoms with Gasteiger partial charge in [0.25, 0.3) is 0 Å². The predicted octanol–water partition coefficient (Wildman–Crippen LogP) is 3.92. The second-order valence-corrected chi connectivity index (χ2v) is 6.12. The van der Waals surface area contributed by atoms with Crippen LogP contribution in [-0.2, 0) is 0 Å². The summed E-state index contributed by atoms with van der Waals surface area (Å²) < 4.78 is 11.6. The van der Waals surface area contributed by atoms with Gasteiger partial charge in [-0.2, -0.15) is 0 Å². The number of nitrogens with one attached hydrogen (secondary N) is 1. The molecule has 2 aliphatic heterocycles. The van der Waals surface area contributed by atoms with Crippen LogP contribution in [0, 0.1) is 0 Å². The Kier molecular flexibility index (Phi) is 4.87. The molecule has 1 unspecified atom stereocenters. The second-order valence-electron chi connectivity index (χ2n) is 6.12. The van der Waals surface area contributed by atoms with Gasteiger partial charge in [0.2, 0.25) is 0 Å². The standard InChI is InChI=1S/C21H21N3O2/c1-2-5-18(6-3-1)26-19-9-7-17(8-10-19)25-14-4-12-24-13-11-20-21(15-24)23-16-22-20/h1-3,5-11,13,15-16,20H,4,12,14H2,(H,22,23). The smallest absolute Gasteiger partial charge is 0.127 e. The van der Waals surface area contributed by atoms with Gasteiger partial charge in [-0.05, 0) is 48.9 Å². The molecule has 2 aliphatic rings. The lowest BCUT2D eigenvalue weighted by Crippen LogP contribution is -2.24. The Morgan fingerprint density at radius 1 is 0.962 bits per heavy atom. The van der Waals surface area contributed by atoms with Crippen LogP contribution < -0.4 is 14.8 Å². The van der Waals surface area contributed by atoms with Crippen LogP contribution in [0.1, 0.15) is 6.42 Å². The average molecular weight is 347 g/mol. The van der Waals surface area contributed by atoms with Gasteiger partial charge >= 0.3 is 0 Å². The molecular weight excluding hydrogens is 326 g/mol. The summed E-state index contributed by atoms with van der Waals surface area (Å²) in [6, 6.07) is 17.6. The first-order valence-electron chi connectivity index (χ1n) is 8.76. The van der Waals surface area contributed by atoms with Gasteiger partial charge in [0.15, 0.2) is 0 Å². The maximum absolute atomic E-state index is 5.82. The minimum absolute atomic E-state index is 0.166. The number of hydrogen-bond acceptors (Lipinski definition) is 5. The summed E-state index contributed by atoms with van der Waals surface area (Å²) >= 11 is 0. The molecule has 2 aromatic carbocycles. The SMILES string of the molecule is C1=CN(CCCOc2ccc(Oc3ccccc3)cc2)C=C2NC=NC12. The van der Waals surface area contributed by atoms with E-state index in [4.69, 9.17) is 9.47 Å². The molecule has 1 atom stereocenters. The third kappa shape index (κ3) is 4.06. The number of nitrogens with zero attached hydrogens (tertiary/aromatic N) is 2. The third-order valence-corrected chi connectivity index (χ3v) is 4.18. The van der Waals surface area contributed by atoms with Crippen molar-refractivity contribution in [2.24, 2.45) is 4.99 Å². The van der Waals surface area contributed by atoms with Crippen molar-refractivity contribution in [3.63, 3.8) is 0 Å². The zero-order chi connectivity index (χ0) is 17.6. The summed E-state index contributed by atoms with van der Waals surface area (Å²) in [5.74, 6) is 2.48. The van der Waals surface area contributed by atoms with E-state index in [0.29, 0.717) is 6.61 Å². The molecule has 0 saturated carbocycles. The summed E-state index contributed by atoms with van der Waals surface area (Å²) in [6.07, 6.45) is 8.96. The van der Waals surface area contributed by atoms with Crippen molar-refractivity contribution < 1.29 is 9.47 Å². The van der Waals surface area contributed by atoms with Crippen molar-refractivity contribution in [2.45, 2.75) is 12.5 Å². The maximum atomic E-state index is 5.82. The number of fused-ring (bicyclic) bond motifs is 1. The van der Waals surface area contributed by atoms with Crippen molar-refractivity contribution in [3.05, 3.63) is 78.8 Å². The topological polar surface area (TPSA) is 46.1 Å². The van der Waals surface area contributed by atoms with Gasteiger partial charge in [0.05, 0.1) is 18.6 Å². The van der Waals surface area contributed by atoms with Crippen LogP contribution in [0.5, 0.6) is 17.2 Å². The maximum Gasteiger partial charge on any atom is 0.127 e. The molecule has 2 heterocycles. The highest BCUT2D eigenvalue weighted by atomic mass is 16.5. The van der Waals surface area contributed by atoms with Gasteiger partial charge in [-0.1, -0.05) is 18.2 Å². The fraction of sp³-hybridized carbons (Fsp3) is 0.190. The zero-order valence-electron chi connectivity index (χ0n) is 14.4. The van der Waals surface area contributed by atoms with Crippen LogP contribution in [0.15, 0.2) is 83.8 Å². The minimum atomic E-state index is 0.166. The van der Waals surface area contributed by atoms with E-state index < -0.39 is 0 Å². The zero-order valence-corrected chi connectivity index (χ0v) is 14.4. The first-order valence-corrected chi connectivity index (χ1v) is 8.76. The molecule has 0 amide bonds. The number of para-hydroxylation sites is 1. The Morgan fingerprint density at radius 2 is 1.73 bits per heavy atom. The second kappa shape index (κ2) is 7.78. The first kappa shape index (κ1) is 16.3. The molecule has 5 nitrogen and oxygen atoms in total. The van der Waals surface area contributed by atoms with Crippen LogP contribution >= 0.6 is 0 Å². The van der Waals surface area contributed by atoms with E-state index >= 15 is 0 Å². The molecule has 132 valence electrons. The van der Waals surface area contributed by atoms with E-state index in [9.17, 15) is 0 Å². The predicted molar refractivity (Wildman–Crippen MR) is 102 cm³/mol. The largest absolute Gasteiger partial charge is 0.494 e. The summed E-state index contributed by atoms with van der Waals surface area (Å²) in [5, 5.41) is 3.16. The summed E-state index contributed by atoms with van der Waals surface area (Å²) in [5.41, 5.74) is 1.13. The van der Waals surface area contributed by atoms with E-state index in [2.05, 4.69) is 33.7 Å². The van der Waals surface area contributed by atoms with Crippen LogP contribution in [0.4, 0.5) is 0 Å². The molecule has 4 rings (SSSR count). The Balaban J connectivity index is 1.20. The van der Waals surface area contributed by atoms with Gasteiger partial charge < -0.3 is 19.7 Å². The molecule has 1 N–H and O–H groups in total. The van der Waals surface area contributed by atoms with Crippen molar-refractivity contribution >= 4 is 6.34 Å². The average Bonchev–Trinajstić information content (AvgIpc) is 3.15. The van der Waals surface area contributed by atoms with Crippen molar-refractivity contribution in [2.75, 3.05) is 13.2 Å². The molecule has 0 aromatic heterocycles. The number of ether oxygens (including phenoxy) is 2. The van der Waals surface area contributed by atoms with Crippen LogP contribution in [0.25, 0.3) is 0 Å². The normalized spacial score (nSPS) is 17.5. The van der Waals surface area contributed by atoms with Gasteiger partial charge in [0, 0.05) is 18.9 Å². The number of hydrogen-bond donors (Lipinski definition) is 1. The molecule has 5 heteroatoms. The summed E-state index contributed by atoms with van der Waals surface area (Å²) in [7, 11) is 0. The first-order chi connectivity index (χ1) is 12.9. The number of aliphatic imine (C=N–C) groups is 1. The molecule has 0 spiro atoms. The molecule has 26 heavy (non-hydrogen) atoms. The highest BCUT2D eigenvalue weighted by Crippen LogP contribution is 2.23. The van der Waals surface area contributed by atoms with Gasteiger partial charge in [-0.3, -0.25) is 4.99 Å². The van der Waals surface area contributed by atoms with Gasteiger partial charge in [0.1, 0.15) is 23.3 Å². The lowest BCUT2D eigenvalue weighted by molar-refractivity contribution is 0.293. The molecular formula is C21H21N3O2. The number of benzene rings is 2. The lowest BCUT2D eigenvalue weighted by atomic mass is 10.2. The van der Waals surface area contributed by atoms with Crippen LogP contribution in [-0.4, -0.2) is 30.4 Å². The summed E-state index contributed by atoms with van der Waals surface area (Å²) in [4.78, 5) is 6.47. The number of rotatable bonds is 7. The van der Waals surface area contributed by atoms with Gasteiger partial charge in [-0.25, -0.2) is 0 Å². The van der Waals surface area contributed by atoms with Crippen LogP contribution in [0.3, 0.4) is 0 Å². The Hall–Kier alpha value is -3.21. The van der Waals surface area contributed by atoms with Crippen molar-refractivity contribution in [3.8, 4) is 17.2 Å². The van der Waals surface area contributed by atoms with E-state index in [1.165, 1.54) is 0 Å². The quantitative estimate of drug-likeness (QED) is 0.771. The van der Waals surface area contributed by atoms with Crippen molar-refractivity contribution in [1.29, 1.82) is 0 Å². The molecule has 0 fully saturated rings. The molecule has 0 aliphatic carbocycles. The lowest BCUT2D eigenvalue weighted by Gasteiger charge is -2.22. The fourth-order valence-electron chi connectivity index (χ4n) is 2.84. The van der Waals surface area contributed by atoms with E-state index in [0.717, 1.165) is 35.9 Å². The fourth-order valence-corrected chi connectivity index (χ4v) is 2.84. The highest BCUT2D eigenvalue weighted by Gasteiger charge is 2.18. The molecule has 0 radical (unpaired) electrons. The van der Waals surface area contributed by atoms with Crippen LogP contribution in [0.2, 0.25) is 0 Å². The Labute approximate surface area is 153 Å². The van der Waals surface area contributed by atoms with E-state index in [-0.39, 0.29) is 6.04 Å². The van der Waals surface area contributed by atoms with E-state index in [1.807, 2.05) is 54.6 Å². The molecule has 0 bridgehead atoms. The van der Waals surface area contributed by atoms with E-state index in [1.54, 1.807) is 6.34 Å². The molecule has 0 saturated heterocycles. The Bertz CT molecular complexity index is 813.